The molecule has 1 heterocycles. The van der Waals surface area contributed by atoms with Crippen LogP contribution in [-0.4, -0.2) is 18.7 Å². The third kappa shape index (κ3) is 3.27. The highest BCUT2D eigenvalue weighted by atomic mass is 79.9. The van der Waals surface area contributed by atoms with Crippen LogP contribution in [0, 0.1) is 5.82 Å². The molecular formula is C13H17BrFNO. The van der Waals surface area contributed by atoms with Gasteiger partial charge >= 0.3 is 0 Å². The number of benzene rings is 1. The lowest BCUT2D eigenvalue weighted by Crippen LogP contribution is -2.39. The first kappa shape index (κ1) is 13.0. The Morgan fingerprint density at radius 2 is 2.24 bits per heavy atom. The maximum Gasteiger partial charge on any atom is 0.130 e. The van der Waals surface area contributed by atoms with Crippen LogP contribution < -0.4 is 5.32 Å². The van der Waals surface area contributed by atoms with E-state index in [9.17, 15) is 4.39 Å². The zero-order valence-electron chi connectivity index (χ0n) is 10.1. The minimum Gasteiger partial charge on any atom is -0.372 e. The third-order valence-electron chi connectivity index (χ3n) is 3.12. The maximum absolute atomic E-state index is 13.8. The second kappa shape index (κ2) is 5.04. The summed E-state index contributed by atoms with van der Waals surface area (Å²) in [4.78, 5) is 0. The summed E-state index contributed by atoms with van der Waals surface area (Å²) < 4.78 is 20.3. The molecule has 4 heteroatoms. The molecule has 94 valence electrons. The van der Waals surface area contributed by atoms with Crippen molar-refractivity contribution in [1.29, 1.82) is 0 Å². The first-order valence-electron chi connectivity index (χ1n) is 5.79. The monoisotopic (exact) mass is 301 g/mol. The van der Waals surface area contributed by atoms with Crippen LogP contribution in [0.4, 0.5) is 4.39 Å². The van der Waals surface area contributed by atoms with Crippen molar-refractivity contribution >= 4 is 15.9 Å². The molecule has 0 aromatic heterocycles. The molecule has 1 fully saturated rings. The largest absolute Gasteiger partial charge is 0.372 e. The predicted molar refractivity (Wildman–Crippen MR) is 69.5 cm³/mol. The number of nitrogens with one attached hydrogen (secondary N) is 1. The fraction of sp³-hybridized carbons (Fsp3) is 0.538. The standard InChI is InChI=1S/C13H17BrFNO/c1-13(2)5-6-17-12(8-16-13)10-4-3-9(14)7-11(10)15/h3-4,7,12,16H,5-6,8H2,1-2H3. The van der Waals surface area contributed by atoms with E-state index in [1.54, 1.807) is 6.07 Å². The van der Waals surface area contributed by atoms with E-state index < -0.39 is 0 Å². The van der Waals surface area contributed by atoms with E-state index in [0.29, 0.717) is 18.7 Å². The molecule has 2 rings (SSSR count). The Morgan fingerprint density at radius 3 is 2.94 bits per heavy atom. The summed E-state index contributed by atoms with van der Waals surface area (Å²) in [6, 6.07) is 5.11. The first-order chi connectivity index (χ1) is 7.98. The van der Waals surface area contributed by atoms with Crippen LogP contribution in [0.15, 0.2) is 22.7 Å². The van der Waals surface area contributed by atoms with Gasteiger partial charge in [-0.1, -0.05) is 22.0 Å². The molecule has 1 aromatic rings. The Morgan fingerprint density at radius 1 is 1.47 bits per heavy atom. The van der Waals surface area contributed by atoms with Crippen molar-refractivity contribution in [1.82, 2.24) is 5.32 Å². The molecule has 1 unspecified atom stereocenters. The lowest BCUT2D eigenvalue weighted by Gasteiger charge is -2.23. The molecule has 0 amide bonds. The second-order valence-electron chi connectivity index (χ2n) is 5.04. The molecule has 1 N–H and O–H groups in total. The lowest BCUT2D eigenvalue weighted by molar-refractivity contribution is 0.0631. The topological polar surface area (TPSA) is 21.3 Å². The van der Waals surface area contributed by atoms with Crippen LogP contribution in [0.1, 0.15) is 31.9 Å². The summed E-state index contributed by atoms with van der Waals surface area (Å²) in [7, 11) is 0. The Bertz CT molecular complexity index is 408. The van der Waals surface area contributed by atoms with Gasteiger partial charge in [-0.3, -0.25) is 0 Å². The average molecular weight is 302 g/mol. The van der Waals surface area contributed by atoms with Gasteiger partial charge in [0.05, 0.1) is 6.10 Å². The molecular weight excluding hydrogens is 285 g/mol. The van der Waals surface area contributed by atoms with Crippen molar-refractivity contribution in [3.8, 4) is 0 Å². The molecule has 1 atom stereocenters. The third-order valence-corrected chi connectivity index (χ3v) is 3.61. The van der Waals surface area contributed by atoms with Gasteiger partial charge in [-0.25, -0.2) is 4.39 Å². The van der Waals surface area contributed by atoms with Gasteiger partial charge in [0.15, 0.2) is 0 Å². The van der Waals surface area contributed by atoms with Gasteiger partial charge in [0.1, 0.15) is 5.82 Å². The molecule has 0 aliphatic carbocycles. The molecule has 17 heavy (non-hydrogen) atoms. The predicted octanol–water partition coefficient (Wildman–Crippen LogP) is 3.42. The summed E-state index contributed by atoms with van der Waals surface area (Å²) in [6.45, 7) is 5.57. The van der Waals surface area contributed by atoms with Crippen LogP contribution in [0.3, 0.4) is 0 Å². The van der Waals surface area contributed by atoms with Gasteiger partial charge < -0.3 is 10.1 Å². The summed E-state index contributed by atoms with van der Waals surface area (Å²) in [5, 5.41) is 3.41. The zero-order chi connectivity index (χ0) is 12.5. The molecule has 1 saturated heterocycles. The molecule has 0 bridgehead atoms. The number of halogens is 2. The van der Waals surface area contributed by atoms with E-state index in [-0.39, 0.29) is 17.5 Å². The van der Waals surface area contributed by atoms with Crippen LogP contribution in [0.5, 0.6) is 0 Å². The smallest absolute Gasteiger partial charge is 0.130 e. The molecule has 0 radical (unpaired) electrons. The van der Waals surface area contributed by atoms with E-state index in [2.05, 4.69) is 35.1 Å². The Hall–Kier alpha value is -0.450. The lowest BCUT2D eigenvalue weighted by atomic mass is 10.0. The summed E-state index contributed by atoms with van der Waals surface area (Å²) >= 11 is 3.26. The van der Waals surface area contributed by atoms with Crippen LogP contribution in [0.2, 0.25) is 0 Å². The van der Waals surface area contributed by atoms with Gasteiger partial charge in [-0.05, 0) is 32.4 Å². The normalized spacial score (nSPS) is 24.4. The summed E-state index contributed by atoms with van der Waals surface area (Å²) in [5.74, 6) is -0.217. The Balaban J connectivity index is 2.17. The number of rotatable bonds is 1. The van der Waals surface area contributed by atoms with Crippen molar-refractivity contribution in [2.45, 2.75) is 31.9 Å². The van der Waals surface area contributed by atoms with Crippen molar-refractivity contribution in [3.05, 3.63) is 34.1 Å². The van der Waals surface area contributed by atoms with E-state index >= 15 is 0 Å². The van der Waals surface area contributed by atoms with E-state index in [1.807, 2.05) is 6.07 Å². The highest BCUT2D eigenvalue weighted by molar-refractivity contribution is 9.10. The van der Waals surface area contributed by atoms with Gasteiger partial charge in [0.25, 0.3) is 0 Å². The van der Waals surface area contributed by atoms with Crippen molar-refractivity contribution in [2.24, 2.45) is 0 Å². The maximum atomic E-state index is 13.8. The molecule has 1 aromatic carbocycles. The summed E-state index contributed by atoms with van der Waals surface area (Å²) in [6.07, 6.45) is 0.728. The molecule has 0 saturated carbocycles. The van der Waals surface area contributed by atoms with Crippen molar-refractivity contribution in [2.75, 3.05) is 13.2 Å². The van der Waals surface area contributed by atoms with Crippen LogP contribution >= 0.6 is 15.9 Å². The second-order valence-corrected chi connectivity index (χ2v) is 5.96. The summed E-state index contributed by atoms with van der Waals surface area (Å²) in [5.41, 5.74) is 0.680. The fourth-order valence-electron chi connectivity index (χ4n) is 1.94. The van der Waals surface area contributed by atoms with Gasteiger partial charge in [0.2, 0.25) is 0 Å². The Labute approximate surface area is 110 Å². The van der Waals surface area contributed by atoms with Gasteiger partial charge in [0, 0.05) is 28.7 Å². The highest BCUT2D eigenvalue weighted by Crippen LogP contribution is 2.26. The molecule has 1 aliphatic rings. The SMILES string of the molecule is CC1(C)CCOC(c2ccc(Br)cc2F)CN1. The number of ether oxygens (including phenoxy) is 1. The minimum atomic E-state index is -0.217. The highest BCUT2D eigenvalue weighted by Gasteiger charge is 2.26. The van der Waals surface area contributed by atoms with Crippen molar-refractivity contribution in [3.63, 3.8) is 0 Å². The van der Waals surface area contributed by atoms with Gasteiger partial charge in [-0.2, -0.15) is 0 Å². The van der Waals surface area contributed by atoms with E-state index in [4.69, 9.17) is 4.74 Å². The molecule has 2 nitrogen and oxygen atoms in total. The molecule has 1 aliphatic heterocycles. The minimum absolute atomic E-state index is 0.0561. The zero-order valence-corrected chi connectivity index (χ0v) is 11.7. The van der Waals surface area contributed by atoms with E-state index in [1.165, 1.54) is 6.07 Å². The molecule has 0 spiro atoms. The van der Waals surface area contributed by atoms with E-state index in [0.717, 1.165) is 10.9 Å². The number of hydrogen-bond donors (Lipinski definition) is 1. The fourth-order valence-corrected chi connectivity index (χ4v) is 2.27. The number of hydrogen-bond acceptors (Lipinski definition) is 2. The van der Waals surface area contributed by atoms with Crippen molar-refractivity contribution < 1.29 is 9.13 Å². The van der Waals surface area contributed by atoms with Crippen LogP contribution in [-0.2, 0) is 4.74 Å². The van der Waals surface area contributed by atoms with Crippen LogP contribution in [0.25, 0.3) is 0 Å². The Kier molecular flexibility index (Phi) is 3.85. The average Bonchev–Trinajstić information content (AvgIpc) is 2.40. The van der Waals surface area contributed by atoms with Gasteiger partial charge in [-0.15, -0.1) is 0 Å². The quantitative estimate of drug-likeness (QED) is 0.858. The first-order valence-corrected chi connectivity index (χ1v) is 6.59.